The smallest absolute Gasteiger partial charge is 0.242 e. The number of benzene rings is 1. The SMILES string of the molecule is NC(=O)C1c2ccccc2N(c2cncnc2)N1[C@H](C=O)N1C2C[C@@H]2C[C@H]1C(=O)Nc1cccc(Br)n1. The standard InChI is InChI=1S/C25H23BrN8O3/c26-20-6-3-7-21(30-20)31-25(37)19-9-14-8-18(14)32(19)22(12-35)34-23(24(27)36)16-4-1-2-5-17(16)33(34)15-10-28-13-29-11-15/h1-7,10-14,18-19,22-23H,8-9H2,(H2,27,36)(H,30,31,37)/t14-,18?,19+,22-,23?/m1/s1. The van der Waals surface area contributed by atoms with Crippen molar-refractivity contribution in [2.75, 3.05) is 10.3 Å². The predicted octanol–water partition coefficient (Wildman–Crippen LogP) is 2.16. The van der Waals surface area contributed by atoms with Crippen molar-refractivity contribution >= 4 is 51.2 Å². The minimum atomic E-state index is -0.950. The minimum absolute atomic E-state index is 0.0348. The van der Waals surface area contributed by atoms with Crippen LogP contribution in [0.15, 0.2) is 65.8 Å². The summed E-state index contributed by atoms with van der Waals surface area (Å²) in [5.41, 5.74) is 7.85. The van der Waals surface area contributed by atoms with Crippen molar-refractivity contribution in [1.29, 1.82) is 0 Å². The van der Waals surface area contributed by atoms with Gasteiger partial charge in [-0.1, -0.05) is 24.3 Å². The number of aromatic nitrogens is 3. The Hall–Kier alpha value is -3.74. The fourth-order valence-electron chi connectivity index (χ4n) is 5.59. The van der Waals surface area contributed by atoms with E-state index in [-0.39, 0.29) is 11.9 Å². The molecule has 1 saturated carbocycles. The maximum atomic E-state index is 13.5. The first-order valence-corrected chi connectivity index (χ1v) is 12.6. The molecule has 3 aromatic rings. The maximum absolute atomic E-state index is 13.5. The number of carbonyl (C=O) groups is 3. The molecule has 1 saturated heterocycles. The van der Waals surface area contributed by atoms with Gasteiger partial charge in [0.25, 0.3) is 0 Å². The maximum Gasteiger partial charge on any atom is 0.242 e. The lowest BCUT2D eigenvalue weighted by molar-refractivity contribution is -0.134. The fourth-order valence-corrected chi connectivity index (χ4v) is 5.93. The summed E-state index contributed by atoms with van der Waals surface area (Å²) in [7, 11) is 0. The molecule has 37 heavy (non-hydrogen) atoms. The van der Waals surface area contributed by atoms with Crippen LogP contribution in [-0.4, -0.2) is 61.2 Å². The van der Waals surface area contributed by atoms with E-state index in [4.69, 9.17) is 5.73 Å². The molecule has 2 aromatic heterocycles. The third-order valence-corrected chi connectivity index (χ3v) is 7.58. The van der Waals surface area contributed by atoms with E-state index in [2.05, 4.69) is 36.2 Å². The van der Waals surface area contributed by atoms with Crippen LogP contribution >= 0.6 is 15.9 Å². The molecule has 2 aliphatic heterocycles. The number of hydrazine groups is 1. The highest BCUT2D eigenvalue weighted by Gasteiger charge is 2.59. The molecule has 3 N–H and O–H groups in total. The van der Waals surface area contributed by atoms with E-state index in [0.29, 0.717) is 39.7 Å². The van der Waals surface area contributed by atoms with E-state index in [1.54, 1.807) is 40.6 Å². The third-order valence-electron chi connectivity index (χ3n) is 7.14. The number of carbonyl (C=O) groups excluding carboxylic acids is 3. The summed E-state index contributed by atoms with van der Waals surface area (Å²) < 4.78 is 0.599. The highest BCUT2D eigenvalue weighted by atomic mass is 79.9. The minimum Gasteiger partial charge on any atom is -0.368 e. The van der Waals surface area contributed by atoms with E-state index in [1.807, 2.05) is 29.2 Å². The first-order valence-electron chi connectivity index (χ1n) is 11.9. The number of aldehydes is 1. The Bertz CT molecular complexity index is 1370. The van der Waals surface area contributed by atoms with Crippen molar-refractivity contribution in [3.63, 3.8) is 0 Å². The van der Waals surface area contributed by atoms with E-state index < -0.39 is 24.2 Å². The summed E-state index contributed by atoms with van der Waals surface area (Å²) in [5.74, 6) is -0.163. The average Bonchev–Trinajstić information content (AvgIpc) is 3.43. The number of nitrogens with one attached hydrogen (secondary N) is 1. The Morgan fingerprint density at radius 1 is 1.11 bits per heavy atom. The molecule has 1 aliphatic carbocycles. The largest absolute Gasteiger partial charge is 0.368 e. The van der Waals surface area contributed by atoms with Crippen LogP contribution in [0.1, 0.15) is 24.4 Å². The quantitative estimate of drug-likeness (QED) is 0.327. The van der Waals surface area contributed by atoms with Gasteiger partial charge >= 0.3 is 0 Å². The molecule has 4 heterocycles. The van der Waals surface area contributed by atoms with Gasteiger partial charge in [0.15, 0.2) is 6.29 Å². The van der Waals surface area contributed by atoms with Crippen LogP contribution in [0.5, 0.6) is 0 Å². The summed E-state index contributed by atoms with van der Waals surface area (Å²) >= 11 is 3.32. The molecular formula is C25H23BrN8O3. The first-order chi connectivity index (χ1) is 18.0. The van der Waals surface area contributed by atoms with Gasteiger partial charge in [0, 0.05) is 11.6 Å². The highest BCUT2D eigenvalue weighted by Crippen LogP contribution is 2.52. The van der Waals surface area contributed by atoms with Gasteiger partial charge in [0.05, 0.1) is 29.8 Å². The molecule has 2 fully saturated rings. The number of fused-ring (bicyclic) bond motifs is 2. The second-order valence-corrected chi connectivity index (χ2v) is 10.1. The molecule has 0 bridgehead atoms. The molecule has 2 unspecified atom stereocenters. The zero-order valence-electron chi connectivity index (χ0n) is 19.5. The Balaban J connectivity index is 1.40. The lowest BCUT2D eigenvalue weighted by atomic mass is 10.1. The van der Waals surface area contributed by atoms with Gasteiger partial charge in [-0.3, -0.25) is 19.5 Å². The van der Waals surface area contributed by atoms with E-state index >= 15 is 0 Å². The monoisotopic (exact) mass is 562 g/mol. The molecule has 12 heteroatoms. The lowest BCUT2D eigenvalue weighted by Gasteiger charge is -2.42. The van der Waals surface area contributed by atoms with Crippen LogP contribution in [0.3, 0.4) is 0 Å². The molecule has 3 aliphatic rings. The van der Waals surface area contributed by atoms with E-state index in [1.165, 1.54) is 6.33 Å². The van der Waals surface area contributed by atoms with Gasteiger partial charge in [0.1, 0.15) is 29.0 Å². The summed E-state index contributed by atoms with van der Waals surface area (Å²) in [6.07, 6.45) is 5.92. The van der Waals surface area contributed by atoms with Crippen LogP contribution in [0.25, 0.3) is 0 Å². The number of nitrogens with two attached hydrogens (primary N) is 1. The molecule has 5 atom stereocenters. The Kier molecular flexibility index (Phi) is 5.94. The normalized spacial score (nSPS) is 25.3. The van der Waals surface area contributed by atoms with Crippen LogP contribution in [0, 0.1) is 5.92 Å². The number of hydrogen-bond donors (Lipinski definition) is 2. The van der Waals surface area contributed by atoms with Crippen LogP contribution in [-0.2, 0) is 14.4 Å². The Morgan fingerprint density at radius 2 is 1.89 bits per heavy atom. The number of pyridine rings is 1. The van der Waals surface area contributed by atoms with Gasteiger partial charge in [0.2, 0.25) is 11.8 Å². The molecule has 6 rings (SSSR count). The van der Waals surface area contributed by atoms with Gasteiger partial charge in [-0.15, -0.1) is 0 Å². The van der Waals surface area contributed by atoms with Crippen molar-refractivity contribution in [1.82, 2.24) is 24.9 Å². The number of likely N-dealkylation sites (tertiary alicyclic amines) is 1. The van der Waals surface area contributed by atoms with Crippen molar-refractivity contribution in [3.05, 3.63) is 71.4 Å². The van der Waals surface area contributed by atoms with E-state index in [0.717, 1.165) is 12.7 Å². The Labute approximate surface area is 220 Å². The summed E-state index contributed by atoms with van der Waals surface area (Å²) in [6.45, 7) is 0. The molecule has 11 nitrogen and oxygen atoms in total. The van der Waals surface area contributed by atoms with Crippen LogP contribution in [0.4, 0.5) is 17.2 Å². The number of amides is 2. The Morgan fingerprint density at radius 3 is 2.62 bits per heavy atom. The van der Waals surface area contributed by atoms with Crippen molar-refractivity contribution in [2.45, 2.75) is 37.1 Å². The van der Waals surface area contributed by atoms with Crippen molar-refractivity contribution < 1.29 is 14.4 Å². The summed E-state index contributed by atoms with van der Waals surface area (Å²) in [5, 5.41) is 6.28. The summed E-state index contributed by atoms with van der Waals surface area (Å²) in [4.78, 5) is 53.7. The number of piperidine rings is 1. The number of halogens is 1. The van der Waals surface area contributed by atoms with Crippen molar-refractivity contribution in [2.24, 2.45) is 11.7 Å². The predicted molar refractivity (Wildman–Crippen MR) is 137 cm³/mol. The zero-order chi connectivity index (χ0) is 25.7. The molecule has 2 amide bonds. The van der Waals surface area contributed by atoms with Gasteiger partial charge in [-0.2, -0.15) is 5.01 Å². The number of primary amides is 1. The number of hydrogen-bond acceptors (Lipinski definition) is 9. The number of rotatable bonds is 7. The highest BCUT2D eigenvalue weighted by molar-refractivity contribution is 9.10. The zero-order valence-corrected chi connectivity index (χ0v) is 21.1. The lowest BCUT2D eigenvalue weighted by Crippen LogP contribution is -2.60. The fraction of sp³-hybridized carbons (Fsp3) is 0.280. The number of anilines is 3. The molecule has 1 aromatic carbocycles. The summed E-state index contributed by atoms with van der Waals surface area (Å²) in [6, 6.07) is 11.1. The van der Waals surface area contributed by atoms with Gasteiger partial charge in [-0.25, -0.2) is 15.0 Å². The van der Waals surface area contributed by atoms with Gasteiger partial charge in [-0.05, 0) is 52.9 Å². The van der Waals surface area contributed by atoms with Crippen LogP contribution < -0.4 is 16.1 Å². The molecule has 0 spiro atoms. The molecular weight excluding hydrogens is 540 g/mol. The van der Waals surface area contributed by atoms with Gasteiger partial charge < -0.3 is 15.8 Å². The number of nitrogens with zero attached hydrogens (tertiary/aromatic N) is 6. The second-order valence-electron chi connectivity index (χ2n) is 9.30. The number of para-hydroxylation sites is 1. The second kappa shape index (κ2) is 9.29. The van der Waals surface area contributed by atoms with Crippen molar-refractivity contribution in [3.8, 4) is 0 Å². The first kappa shape index (κ1) is 23.6. The van der Waals surface area contributed by atoms with E-state index in [9.17, 15) is 14.4 Å². The topological polar surface area (TPSA) is 138 Å². The molecule has 0 radical (unpaired) electrons. The molecule has 188 valence electrons. The average molecular weight is 563 g/mol. The third kappa shape index (κ3) is 4.06. The van der Waals surface area contributed by atoms with Crippen LogP contribution in [0.2, 0.25) is 0 Å².